The summed E-state index contributed by atoms with van der Waals surface area (Å²) >= 11 is 1.23. The maximum absolute atomic E-state index is 13.0. The summed E-state index contributed by atoms with van der Waals surface area (Å²) < 4.78 is 18.4. The van der Waals surface area contributed by atoms with Crippen molar-refractivity contribution in [2.75, 3.05) is 0 Å². The molecule has 7 heteroatoms. The average Bonchev–Trinajstić information content (AvgIpc) is 3.21. The number of carbonyl (C=O) groups excluding carboxylic acids is 2. The van der Waals surface area contributed by atoms with Gasteiger partial charge in [-0.25, -0.2) is 9.18 Å². The molecule has 5 nitrogen and oxygen atoms in total. The van der Waals surface area contributed by atoms with E-state index in [1.807, 2.05) is 0 Å². The van der Waals surface area contributed by atoms with E-state index in [0.717, 1.165) is 5.56 Å². The molecule has 26 heavy (non-hydrogen) atoms. The Kier molecular flexibility index (Phi) is 5.70. The summed E-state index contributed by atoms with van der Waals surface area (Å²) in [6.45, 7) is 0.187. The van der Waals surface area contributed by atoms with E-state index in [1.54, 1.807) is 48.0 Å². The molecule has 0 aliphatic rings. The van der Waals surface area contributed by atoms with Gasteiger partial charge in [0.15, 0.2) is 0 Å². The first-order valence-corrected chi connectivity index (χ1v) is 8.68. The summed E-state index contributed by atoms with van der Waals surface area (Å²) in [5.74, 6) is -1.41. The molecule has 2 heterocycles. The SMILES string of the molecule is O=C(O[C@H](C(=O)NCc1ccc(F)cc1)c1cccnc1)c1cccs1. The van der Waals surface area contributed by atoms with Crippen LogP contribution < -0.4 is 5.32 Å². The van der Waals surface area contributed by atoms with Crippen molar-refractivity contribution >= 4 is 23.2 Å². The van der Waals surface area contributed by atoms with Crippen LogP contribution in [0, 0.1) is 5.82 Å². The van der Waals surface area contributed by atoms with Crippen LogP contribution >= 0.6 is 11.3 Å². The van der Waals surface area contributed by atoms with Crippen molar-refractivity contribution in [2.45, 2.75) is 12.6 Å². The smallest absolute Gasteiger partial charge is 0.349 e. The molecular formula is C19H15FN2O3S. The third-order valence-electron chi connectivity index (χ3n) is 3.55. The molecule has 1 atom stereocenters. The molecule has 1 aromatic carbocycles. The van der Waals surface area contributed by atoms with Crippen molar-refractivity contribution in [1.82, 2.24) is 10.3 Å². The second-order valence-electron chi connectivity index (χ2n) is 5.39. The van der Waals surface area contributed by atoms with Crippen LogP contribution in [-0.4, -0.2) is 16.9 Å². The Labute approximate surface area is 153 Å². The Hall–Kier alpha value is -3.06. The first-order valence-electron chi connectivity index (χ1n) is 7.80. The molecule has 132 valence electrons. The van der Waals surface area contributed by atoms with Crippen molar-refractivity contribution in [2.24, 2.45) is 0 Å². The van der Waals surface area contributed by atoms with E-state index < -0.39 is 18.0 Å². The molecule has 0 saturated carbocycles. The summed E-state index contributed by atoms with van der Waals surface area (Å²) in [5, 5.41) is 4.46. The molecule has 0 aliphatic carbocycles. The van der Waals surface area contributed by atoms with Gasteiger partial charge in [0, 0.05) is 24.5 Å². The minimum absolute atomic E-state index is 0.187. The number of hydrogen-bond acceptors (Lipinski definition) is 5. The van der Waals surface area contributed by atoms with Gasteiger partial charge in [0.1, 0.15) is 10.7 Å². The quantitative estimate of drug-likeness (QED) is 0.675. The number of nitrogens with one attached hydrogen (secondary N) is 1. The lowest BCUT2D eigenvalue weighted by atomic mass is 10.1. The summed E-state index contributed by atoms with van der Waals surface area (Å²) in [6.07, 6.45) is 1.92. The zero-order chi connectivity index (χ0) is 18.4. The van der Waals surface area contributed by atoms with Gasteiger partial charge in [-0.2, -0.15) is 0 Å². The van der Waals surface area contributed by atoms with Gasteiger partial charge in [0.25, 0.3) is 5.91 Å². The van der Waals surface area contributed by atoms with Crippen LogP contribution in [-0.2, 0) is 16.1 Å². The molecule has 0 unspecified atom stereocenters. The molecule has 0 radical (unpaired) electrons. The van der Waals surface area contributed by atoms with E-state index in [4.69, 9.17) is 4.74 Å². The monoisotopic (exact) mass is 370 g/mol. The number of amides is 1. The second kappa shape index (κ2) is 8.35. The molecule has 3 aromatic rings. The van der Waals surface area contributed by atoms with Gasteiger partial charge >= 0.3 is 5.97 Å². The van der Waals surface area contributed by atoms with Gasteiger partial charge in [-0.3, -0.25) is 9.78 Å². The summed E-state index contributed by atoms with van der Waals surface area (Å²) in [5.41, 5.74) is 1.20. The molecule has 0 bridgehead atoms. The molecule has 1 amide bonds. The molecular weight excluding hydrogens is 355 g/mol. The Balaban J connectivity index is 1.73. The first kappa shape index (κ1) is 17.8. The highest BCUT2D eigenvalue weighted by molar-refractivity contribution is 7.11. The summed E-state index contributed by atoms with van der Waals surface area (Å²) in [7, 11) is 0. The number of carbonyl (C=O) groups is 2. The fourth-order valence-electron chi connectivity index (χ4n) is 2.25. The Bertz CT molecular complexity index is 868. The average molecular weight is 370 g/mol. The zero-order valence-electron chi connectivity index (χ0n) is 13.6. The molecule has 3 rings (SSSR count). The van der Waals surface area contributed by atoms with E-state index in [0.29, 0.717) is 10.4 Å². The number of hydrogen-bond donors (Lipinski definition) is 1. The van der Waals surface area contributed by atoms with Crippen molar-refractivity contribution in [3.05, 3.63) is 88.1 Å². The van der Waals surface area contributed by atoms with Crippen molar-refractivity contribution in [1.29, 1.82) is 0 Å². The third-order valence-corrected chi connectivity index (χ3v) is 4.40. The number of rotatable bonds is 6. The Morgan fingerprint density at radius 2 is 1.96 bits per heavy atom. The summed E-state index contributed by atoms with van der Waals surface area (Å²) in [6, 6.07) is 12.5. The number of ether oxygens (including phenoxy) is 1. The topological polar surface area (TPSA) is 68.3 Å². The van der Waals surface area contributed by atoms with E-state index in [-0.39, 0.29) is 12.4 Å². The maximum Gasteiger partial charge on any atom is 0.349 e. The van der Waals surface area contributed by atoms with Crippen LogP contribution in [0.4, 0.5) is 4.39 Å². The van der Waals surface area contributed by atoms with Gasteiger partial charge in [0.2, 0.25) is 6.10 Å². The van der Waals surface area contributed by atoms with Crippen LogP contribution in [0.15, 0.2) is 66.3 Å². The number of nitrogens with zero attached hydrogens (tertiary/aromatic N) is 1. The molecule has 0 fully saturated rings. The lowest BCUT2D eigenvalue weighted by Crippen LogP contribution is -2.31. The predicted octanol–water partition coefficient (Wildman–Crippen LogP) is 3.50. The molecule has 0 saturated heterocycles. The van der Waals surface area contributed by atoms with Crippen LogP contribution in [0.5, 0.6) is 0 Å². The van der Waals surface area contributed by atoms with Gasteiger partial charge < -0.3 is 10.1 Å². The number of aromatic nitrogens is 1. The Morgan fingerprint density at radius 3 is 2.62 bits per heavy atom. The highest BCUT2D eigenvalue weighted by Gasteiger charge is 2.26. The highest BCUT2D eigenvalue weighted by Crippen LogP contribution is 2.21. The van der Waals surface area contributed by atoms with Crippen molar-refractivity contribution in [3.63, 3.8) is 0 Å². The number of pyridine rings is 1. The lowest BCUT2D eigenvalue weighted by Gasteiger charge is -2.17. The largest absolute Gasteiger partial charge is 0.443 e. The minimum atomic E-state index is -1.13. The highest BCUT2D eigenvalue weighted by atomic mass is 32.1. The molecule has 0 aliphatic heterocycles. The molecule has 2 aromatic heterocycles. The molecule has 0 spiro atoms. The lowest BCUT2D eigenvalue weighted by molar-refractivity contribution is -0.130. The normalized spacial score (nSPS) is 11.6. The van der Waals surface area contributed by atoms with E-state index in [9.17, 15) is 14.0 Å². The number of esters is 1. The van der Waals surface area contributed by atoms with E-state index in [2.05, 4.69) is 10.3 Å². The fourth-order valence-corrected chi connectivity index (χ4v) is 2.85. The standard InChI is InChI=1S/C19H15FN2O3S/c20-15-7-5-13(6-8-15)11-22-18(23)17(14-3-1-9-21-12-14)25-19(24)16-4-2-10-26-16/h1-10,12,17H,11H2,(H,22,23)/t17-/m0/s1. The second-order valence-corrected chi connectivity index (χ2v) is 6.34. The maximum atomic E-state index is 13.0. The number of benzene rings is 1. The summed E-state index contributed by atoms with van der Waals surface area (Å²) in [4.78, 5) is 29.2. The third kappa shape index (κ3) is 4.52. The van der Waals surface area contributed by atoms with Gasteiger partial charge in [-0.15, -0.1) is 11.3 Å². The van der Waals surface area contributed by atoms with Crippen LogP contribution in [0.2, 0.25) is 0 Å². The first-order chi connectivity index (χ1) is 12.6. The van der Waals surface area contributed by atoms with E-state index in [1.165, 1.54) is 29.7 Å². The van der Waals surface area contributed by atoms with Crippen LogP contribution in [0.1, 0.15) is 26.9 Å². The van der Waals surface area contributed by atoms with Crippen LogP contribution in [0.25, 0.3) is 0 Å². The van der Waals surface area contributed by atoms with Crippen molar-refractivity contribution < 1.29 is 18.7 Å². The zero-order valence-corrected chi connectivity index (χ0v) is 14.4. The van der Waals surface area contributed by atoms with Crippen molar-refractivity contribution in [3.8, 4) is 0 Å². The van der Waals surface area contributed by atoms with Gasteiger partial charge in [-0.1, -0.05) is 24.3 Å². The fraction of sp³-hybridized carbons (Fsp3) is 0.105. The van der Waals surface area contributed by atoms with Crippen LogP contribution in [0.3, 0.4) is 0 Å². The number of thiophene rings is 1. The minimum Gasteiger partial charge on any atom is -0.443 e. The number of halogens is 1. The van der Waals surface area contributed by atoms with E-state index >= 15 is 0 Å². The predicted molar refractivity (Wildman–Crippen MR) is 95.0 cm³/mol. The van der Waals surface area contributed by atoms with Gasteiger partial charge in [-0.05, 0) is 35.2 Å². The van der Waals surface area contributed by atoms with Gasteiger partial charge in [0.05, 0.1) is 0 Å². The Morgan fingerprint density at radius 1 is 1.15 bits per heavy atom. The molecule has 1 N–H and O–H groups in total.